The molecule has 0 spiro atoms. The van der Waals surface area contributed by atoms with E-state index >= 15 is 0 Å². The molecule has 1 N–H and O–H groups in total. The van der Waals surface area contributed by atoms with E-state index in [9.17, 15) is 9.18 Å². The van der Waals surface area contributed by atoms with Gasteiger partial charge in [-0.3, -0.25) is 4.79 Å². The number of hydrogen-bond donors (Lipinski definition) is 1. The number of benzene rings is 1. The number of halogens is 1. The minimum absolute atomic E-state index is 0.132. The van der Waals surface area contributed by atoms with Gasteiger partial charge in [-0.05, 0) is 24.3 Å². The molecule has 6 heteroatoms. The van der Waals surface area contributed by atoms with Crippen molar-refractivity contribution in [3.05, 3.63) is 54.1 Å². The van der Waals surface area contributed by atoms with Gasteiger partial charge < -0.3 is 14.6 Å². The van der Waals surface area contributed by atoms with Crippen LogP contribution in [0.4, 0.5) is 10.1 Å². The largest absolute Gasteiger partial charge is 0.494 e. The van der Waals surface area contributed by atoms with Crippen molar-refractivity contribution in [1.82, 2.24) is 9.55 Å². The fourth-order valence-corrected chi connectivity index (χ4v) is 2.34. The summed E-state index contributed by atoms with van der Waals surface area (Å²) >= 11 is 0. The highest BCUT2D eigenvalue weighted by atomic mass is 19.1. The van der Waals surface area contributed by atoms with Crippen molar-refractivity contribution in [3.8, 4) is 5.75 Å². The van der Waals surface area contributed by atoms with Crippen LogP contribution in [-0.2, 0) is 7.05 Å². The third-order valence-electron chi connectivity index (χ3n) is 3.39. The number of anilines is 1. The van der Waals surface area contributed by atoms with E-state index in [1.165, 1.54) is 19.2 Å². The second-order valence-corrected chi connectivity index (χ2v) is 4.83. The Morgan fingerprint density at radius 1 is 1.36 bits per heavy atom. The maximum Gasteiger partial charge on any atom is 0.257 e. The summed E-state index contributed by atoms with van der Waals surface area (Å²) in [5.74, 6) is -0.713. The monoisotopic (exact) mass is 299 g/mol. The Kier molecular flexibility index (Phi) is 3.50. The smallest absolute Gasteiger partial charge is 0.257 e. The summed E-state index contributed by atoms with van der Waals surface area (Å²) in [5.41, 5.74) is 1.57. The third kappa shape index (κ3) is 2.39. The van der Waals surface area contributed by atoms with Gasteiger partial charge in [-0.25, -0.2) is 9.37 Å². The Bertz CT molecular complexity index is 858. The lowest BCUT2D eigenvalue weighted by Gasteiger charge is -2.06. The predicted molar refractivity (Wildman–Crippen MR) is 81.6 cm³/mol. The molecule has 0 unspecified atom stereocenters. The number of pyridine rings is 1. The molecule has 2 heterocycles. The van der Waals surface area contributed by atoms with Crippen LogP contribution in [0, 0.1) is 5.82 Å². The molecule has 2 aromatic heterocycles. The van der Waals surface area contributed by atoms with Gasteiger partial charge in [-0.1, -0.05) is 0 Å². The number of methoxy groups -OCH3 is 1. The molecular weight excluding hydrogens is 285 g/mol. The van der Waals surface area contributed by atoms with Crippen molar-refractivity contribution in [2.45, 2.75) is 0 Å². The quantitative estimate of drug-likeness (QED) is 0.809. The first-order chi connectivity index (χ1) is 10.6. The van der Waals surface area contributed by atoms with Gasteiger partial charge in [0.25, 0.3) is 5.91 Å². The van der Waals surface area contributed by atoms with E-state index in [0.717, 1.165) is 5.39 Å². The highest BCUT2D eigenvalue weighted by molar-refractivity contribution is 6.12. The van der Waals surface area contributed by atoms with Crippen LogP contribution in [0.3, 0.4) is 0 Å². The van der Waals surface area contributed by atoms with Crippen molar-refractivity contribution in [3.63, 3.8) is 0 Å². The van der Waals surface area contributed by atoms with Crippen LogP contribution in [0.1, 0.15) is 10.4 Å². The van der Waals surface area contributed by atoms with Gasteiger partial charge in [-0.2, -0.15) is 0 Å². The van der Waals surface area contributed by atoms with Crippen LogP contribution in [0.15, 0.2) is 42.7 Å². The Morgan fingerprint density at radius 2 is 2.18 bits per heavy atom. The first-order valence-electron chi connectivity index (χ1n) is 6.65. The normalized spacial score (nSPS) is 10.7. The Balaban J connectivity index is 1.92. The maximum atomic E-state index is 13.7. The summed E-state index contributed by atoms with van der Waals surface area (Å²) in [4.78, 5) is 16.6. The molecule has 1 aromatic carbocycles. The molecule has 0 bridgehead atoms. The molecule has 22 heavy (non-hydrogen) atoms. The van der Waals surface area contributed by atoms with E-state index in [1.807, 2.05) is 13.1 Å². The summed E-state index contributed by atoms with van der Waals surface area (Å²) in [7, 11) is 3.21. The van der Waals surface area contributed by atoms with Crippen LogP contribution >= 0.6 is 0 Å². The molecule has 0 aliphatic heterocycles. The molecule has 3 rings (SSSR count). The van der Waals surface area contributed by atoms with E-state index in [2.05, 4.69) is 10.3 Å². The van der Waals surface area contributed by atoms with Crippen LogP contribution in [0.25, 0.3) is 11.0 Å². The zero-order valence-electron chi connectivity index (χ0n) is 12.1. The van der Waals surface area contributed by atoms with E-state index in [-0.39, 0.29) is 11.7 Å². The van der Waals surface area contributed by atoms with Gasteiger partial charge >= 0.3 is 0 Å². The molecule has 0 fully saturated rings. The summed E-state index contributed by atoms with van der Waals surface area (Å²) in [6.45, 7) is 0. The van der Waals surface area contributed by atoms with Gasteiger partial charge in [0, 0.05) is 36.6 Å². The zero-order valence-corrected chi connectivity index (χ0v) is 12.1. The number of ether oxygens (including phenoxy) is 1. The second kappa shape index (κ2) is 5.48. The van der Waals surface area contributed by atoms with Crippen LogP contribution in [0.5, 0.6) is 5.75 Å². The first-order valence-corrected chi connectivity index (χ1v) is 6.65. The molecule has 0 saturated heterocycles. The summed E-state index contributed by atoms with van der Waals surface area (Å²) in [6, 6.07) is 7.87. The molecule has 0 atom stereocenters. The van der Waals surface area contributed by atoms with Crippen LogP contribution < -0.4 is 10.1 Å². The number of hydrogen-bond acceptors (Lipinski definition) is 3. The average molecular weight is 299 g/mol. The minimum Gasteiger partial charge on any atom is -0.494 e. The Labute approximate surface area is 126 Å². The Hall–Kier alpha value is -2.89. The fraction of sp³-hybridized carbons (Fsp3) is 0.125. The van der Waals surface area contributed by atoms with E-state index in [1.54, 1.807) is 29.1 Å². The summed E-state index contributed by atoms with van der Waals surface area (Å²) < 4.78 is 20.3. The number of carbonyl (C=O) groups is 1. The van der Waals surface area contributed by atoms with Gasteiger partial charge in [0.2, 0.25) is 0 Å². The second-order valence-electron chi connectivity index (χ2n) is 4.83. The molecule has 1 amide bonds. The topological polar surface area (TPSA) is 56.1 Å². The molecule has 0 radical (unpaired) electrons. The molecular formula is C16H14FN3O2. The summed E-state index contributed by atoms with van der Waals surface area (Å²) in [6.07, 6.45) is 3.37. The molecule has 5 nitrogen and oxygen atoms in total. The third-order valence-corrected chi connectivity index (χ3v) is 3.39. The van der Waals surface area contributed by atoms with Gasteiger partial charge in [-0.15, -0.1) is 0 Å². The lowest BCUT2D eigenvalue weighted by atomic mass is 10.2. The van der Waals surface area contributed by atoms with Crippen molar-refractivity contribution in [2.24, 2.45) is 7.05 Å². The zero-order chi connectivity index (χ0) is 15.7. The SMILES string of the molecule is COc1ccc(NC(=O)c2cn(C)c3ncccc23)cc1F. The van der Waals surface area contributed by atoms with E-state index in [4.69, 9.17) is 4.74 Å². The van der Waals surface area contributed by atoms with Crippen LogP contribution in [0.2, 0.25) is 0 Å². The van der Waals surface area contributed by atoms with Crippen molar-refractivity contribution in [1.29, 1.82) is 0 Å². The van der Waals surface area contributed by atoms with Crippen LogP contribution in [-0.4, -0.2) is 22.6 Å². The number of nitrogens with zero attached hydrogens (tertiary/aromatic N) is 2. The minimum atomic E-state index is -0.528. The van der Waals surface area contributed by atoms with Gasteiger partial charge in [0.05, 0.1) is 12.7 Å². The standard InChI is InChI=1S/C16H14FN3O2/c1-20-9-12(11-4-3-7-18-15(11)20)16(21)19-10-5-6-14(22-2)13(17)8-10/h3-9H,1-2H3,(H,19,21). The number of fused-ring (bicyclic) bond motifs is 1. The highest BCUT2D eigenvalue weighted by Gasteiger charge is 2.15. The lowest BCUT2D eigenvalue weighted by Crippen LogP contribution is -2.11. The molecule has 0 aliphatic carbocycles. The maximum absolute atomic E-state index is 13.7. The summed E-state index contributed by atoms with van der Waals surface area (Å²) in [5, 5.41) is 3.43. The fourth-order valence-electron chi connectivity index (χ4n) is 2.34. The number of aromatic nitrogens is 2. The van der Waals surface area contributed by atoms with Crippen molar-refractivity contribution >= 4 is 22.6 Å². The first kappa shape index (κ1) is 14.1. The molecule has 0 saturated carbocycles. The number of rotatable bonds is 3. The molecule has 112 valence electrons. The van der Waals surface area contributed by atoms with E-state index in [0.29, 0.717) is 16.9 Å². The average Bonchev–Trinajstić information content (AvgIpc) is 2.85. The van der Waals surface area contributed by atoms with Crippen molar-refractivity contribution in [2.75, 3.05) is 12.4 Å². The number of aryl methyl sites for hydroxylation is 1. The molecule has 3 aromatic rings. The van der Waals surface area contributed by atoms with Gasteiger partial charge in [0.1, 0.15) is 5.65 Å². The number of nitrogens with one attached hydrogen (secondary N) is 1. The predicted octanol–water partition coefficient (Wildman–Crippen LogP) is 2.97. The van der Waals surface area contributed by atoms with Crippen molar-refractivity contribution < 1.29 is 13.9 Å². The lowest BCUT2D eigenvalue weighted by molar-refractivity contribution is 0.102. The number of amides is 1. The van der Waals surface area contributed by atoms with E-state index < -0.39 is 5.82 Å². The highest BCUT2D eigenvalue weighted by Crippen LogP contribution is 2.23. The Morgan fingerprint density at radius 3 is 2.91 bits per heavy atom. The molecule has 0 aliphatic rings. The van der Waals surface area contributed by atoms with Gasteiger partial charge in [0.15, 0.2) is 11.6 Å². The number of carbonyl (C=O) groups excluding carboxylic acids is 1.